The first-order valence-corrected chi connectivity index (χ1v) is 6.56. The quantitative estimate of drug-likeness (QED) is 0.866. The summed E-state index contributed by atoms with van der Waals surface area (Å²) >= 11 is 0. The van der Waals surface area contributed by atoms with Gasteiger partial charge in [-0.15, -0.1) is 0 Å². The van der Waals surface area contributed by atoms with Crippen molar-refractivity contribution in [3.05, 3.63) is 53.9 Å². The maximum atomic E-state index is 13.0. The van der Waals surface area contributed by atoms with Crippen LogP contribution in [0.1, 0.15) is 18.1 Å². The molecular formula is C15H20FN3. The van der Waals surface area contributed by atoms with Crippen molar-refractivity contribution in [3.63, 3.8) is 0 Å². The first-order chi connectivity index (χ1) is 9.15. The molecule has 2 aromatic rings. The van der Waals surface area contributed by atoms with Gasteiger partial charge in [0.25, 0.3) is 0 Å². The largest absolute Gasteiger partial charge is 0.337 e. The highest BCUT2D eigenvalue weighted by Gasteiger charge is 2.04. The highest BCUT2D eigenvalue weighted by molar-refractivity contribution is 5.26. The zero-order chi connectivity index (χ0) is 13.7. The van der Waals surface area contributed by atoms with Crippen molar-refractivity contribution in [1.82, 2.24) is 14.9 Å². The van der Waals surface area contributed by atoms with Crippen LogP contribution in [-0.2, 0) is 13.1 Å². The molecule has 0 fully saturated rings. The van der Waals surface area contributed by atoms with Crippen molar-refractivity contribution in [3.8, 4) is 0 Å². The van der Waals surface area contributed by atoms with Crippen LogP contribution < -0.4 is 5.32 Å². The molecule has 4 heteroatoms. The molecule has 0 saturated heterocycles. The van der Waals surface area contributed by atoms with Gasteiger partial charge in [-0.25, -0.2) is 9.37 Å². The topological polar surface area (TPSA) is 29.9 Å². The maximum absolute atomic E-state index is 13.0. The normalized spacial score (nSPS) is 12.6. The number of aryl methyl sites for hydroxylation is 1. The second kappa shape index (κ2) is 6.48. The van der Waals surface area contributed by atoms with E-state index in [0.29, 0.717) is 5.92 Å². The van der Waals surface area contributed by atoms with Crippen LogP contribution in [0, 0.1) is 18.7 Å². The van der Waals surface area contributed by atoms with Gasteiger partial charge in [-0.2, -0.15) is 0 Å². The molecule has 0 aliphatic carbocycles. The summed E-state index contributed by atoms with van der Waals surface area (Å²) in [6.45, 7) is 6.80. The highest BCUT2D eigenvalue weighted by Crippen LogP contribution is 2.10. The summed E-state index contributed by atoms with van der Waals surface area (Å²) in [5.41, 5.74) is 2.14. The summed E-state index contributed by atoms with van der Waals surface area (Å²) < 4.78 is 15.1. The monoisotopic (exact) mass is 261 g/mol. The Kier molecular flexibility index (Phi) is 4.68. The SMILES string of the molecule is Cc1cc(F)ccc1CNCC(C)Cn1ccnc1. The van der Waals surface area contributed by atoms with E-state index in [9.17, 15) is 4.39 Å². The first kappa shape index (κ1) is 13.7. The van der Waals surface area contributed by atoms with Gasteiger partial charge in [-0.05, 0) is 42.6 Å². The van der Waals surface area contributed by atoms with Crippen molar-refractivity contribution < 1.29 is 4.39 Å². The predicted molar refractivity (Wildman–Crippen MR) is 74.2 cm³/mol. The molecule has 2 rings (SSSR count). The lowest BCUT2D eigenvalue weighted by atomic mass is 10.1. The van der Waals surface area contributed by atoms with Gasteiger partial charge in [0.1, 0.15) is 5.82 Å². The Morgan fingerprint density at radius 1 is 1.42 bits per heavy atom. The van der Waals surface area contributed by atoms with Gasteiger partial charge in [0, 0.05) is 25.5 Å². The van der Waals surface area contributed by atoms with Crippen LogP contribution in [0.4, 0.5) is 4.39 Å². The third-order valence-corrected chi connectivity index (χ3v) is 3.19. The molecule has 102 valence electrons. The Bertz CT molecular complexity index is 508. The van der Waals surface area contributed by atoms with Crippen molar-refractivity contribution in [2.75, 3.05) is 6.54 Å². The molecular weight excluding hydrogens is 241 g/mol. The Morgan fingerprint density at radius 3 is 2.95 bits per heavy atom. The predicted octanol–water partition coefficient (Wildman–Crippen LogP) is 2.76. The summed E-state index contributed by atoms with van der Waals surface area (Å²) in [6, 6.07) is 4.93. The third-order valence-electron chi connectivity index (χ3n) is 3.19. The Balaban J connectivity index is 1.76. The Hall–Kier alpha value is -1.68. The molecule has 0 amide bonds. The smallest absolute Gasteiger partial charge is 0.123 e. The molecule has 0 bridgehead atoms. The summed E-state index contributed by atoms with van der Waals surface area (Å²) in [6.07, 6.45) is 5.60. The van der Waals surface area contributed by atoms with E-state index in [1.54, 1.807) is 12.3 Å². The second-order valence-corrected chi connectivity index (χ2v) is 5.07. The number of hydrogen-bond donors (Lipinski definition) is 1. The van der Waals surface area contributed by atoms with Crippen LogP contribution in [-0.4, -0.2) is 16.1 Å². The van der Waals surface area contributed by atoms with E-state index in [1.807, 2.05) is 25.5 Å². The van der Waals surface area contributed by atoms with Crippen LogP contribution in [0.25, 0.3) is 0 Å². The number of halogens is 1. The molecule has 1 unspecified atom stereocenters. The minimum Gasteiger partial charge on any atom is -0.337 e. The number of imidazole rings is 1. The van der Waals surface area contributed by atoms with Crippen LogP contribution in [0.5, 0.6) is 0 Å². The van der Waals surface area contributed by atoms with E-state index in [0.717, 1.165) is 30.8 Å². The second-order valence-electron chi connectivity index (χ2n) is 5.07. The molecule has 0 saturated carbocycles. The number of benzene rings is 1. The van der Waals surface area contributed by atoms with Crippen LogP contribution in [0.2, 0.25) is 0 Å². The average molecular weight is 261 g/mol. The standard InChI is InChI=1S/C15H20FN3/c1-12(10-19-6-5-17-11-19)8-18-9-14-3-4-15(16)7-13(14)2/h3-7,11-12,18H,8-10H2,1-2H3. The van der Waals surface area contributed by atoms with E-state index in [4.69, 9.17) is 0 Å². The van der Waals surface area contributed by atoms with E-state index in [2.05, 4.69) is 21.8 Å². The fourth-order valence-corrected chi connectivity index (χ4v) is 2.13. The summed E-state index contributed by atoms with van der Waals surface area (Å²) in [5, 5.41) is 3.42. The first-order valence-electron chi connectivity index (χ1n) is 6.56. The molecule has 3 nitrogen and oxygen atoms in total. The molecule has 0 aliphatic heterocycles. The van der Waals surface area contributed by atoms with Crippen molar-refractivity contribution in [2.45, 2.75) is 26.9 Å². The molecule has 1 atom stereocenters. The fourth-order valence-electron chi connectivity index (χ4n) is 2.13. The third kappa shape index (κ3) is 4.17. The van der Waals surface area contributed by atoms with Gasteiger partial charge < -0.3 is 9.88 Å². The van der Waals surface area contributed by atoms with Crippen LogP contribution in [0.15, 0.2) is 36.9 Å². The molecule has 0 aliphatic rings. The van der Waals surface area contributed by atoms with Crippen LogP contribution >= 0.6 is 0 Å². The number of aromatic nitrogens is 2. The number of rotatable bonds is 6. The summed E-state index contributed by atoms with van der Waals surface area (Å²) in [4.78, 5) is 4.03. The Labute approximate surface area is 113 Å². The van der Waals surface area contributed by atoms with E-state index in [1.165, 1.54) is 6.07 Å². The molecule has 1 heterocycles. The fraction of sp³-hybridized carbons (Fsp3) is 0.400. The van der Waals surface area contributed by atoms with Gasteiger partial charge in [0.15, 0.2) is 0 Å². The van der Waals surface area contributed by atoms with E-state index >= 15 is 0 Å². The molecule has 1 N–H and O–H groups in total. The molecule has 1 aromatic heterocycles. The van der Waals surface area contributed by atoms with Gasteiger partial charge in [-0.3, -0.25) is 0 Å². The number of nitrogens with one attached hydrogen (secondary N) is 1. The van der Waals surface area contributed by atoms with Gasteiger partial charge in [0.2, 0.25) is 0 Å². The minimum atomic E-state index is -0.172. The summed E-state index contributed by atoms with van der Waals surface area (Å²) in [5.74, 6) is 0.352. The van der Waals surface area contributed by atoms with E-state index in [-0.39, 0.29) is 5.82 Å². The van der Waals surface area contributed by atoms with Crippen molar-refractivity contribution >= 4 is 0 Å². The maximum Gasteiger partial charge on any atom is 0.123 e. The van der Waals surface area contributed by atoms with Crippen LogP contribution in [0.3, 0.4) is 0 Å². The minimum absolute atomic E-state index is 0.172. The zero-order valence-corrected chi connectivity index (χ0v) is 11.4. The summed E-state index contributed by atoms with van der Waals surface area (Å²) in [7, 11) is 0. The van der Waals surface area contributed by atoms with Crippen molar-refractivity contribution in [1.29, 1.82) is 0 Å². The molecule has 19 heavy (non-hydrogen) atoms. The molecule has 0 spiro atoms. The Morgan fingerprint density at radius 2 is 2.26 bits per heavy atom. The van der Waals surface area contributed by atoms with E-state index < -0.39 is 0 Å². The number of nitrogens with zero attached hydrogens (tertiary/aromatic N) is 2. The molecule has 0 radical (unpaired) electrons. The van der Waals surface area contributed by atoms with Crippen molar-refractivity contribution in [2.24, 2.45) is 5.92 Å². The van der Waals surface area contributed by atoms with Gasteiger partial charge in [0.05, 0.1) is 6.33 Å². The lowest BCUT2D eigenvalue weighted by molar-refractivity contribution is 0.444. The number of hydrogen-bond acceptors (Lipinski definition) is 2. The lowest BCUT2D eigenvalue weighted by Gasteiger charge is -2.14. The van der Waals surface area contributed by atoms with Gasteiger partial charge in [-0.1, -0.05) is 13.0 Å². The highest BCUT2D eigenvalue weighted by atomic mass is 19.1. The zero-order valence-electron chi connectivity index (χ0n) is 11.4. The lowest BCUT2D eigenvalue weighted by Crippen LogP contribution is -2.23. The average Bonchev–Trinajstić information content (AvgIpc) is 2.84. The molecule has 1 aromatic carbocycles. The van der Waals surface area contributed by atoms with Gasteiger partial charge >= 0.3 is 0 Å².